The number of hydrogen-bond donors (Lipinski definition) is 2. The molecule has 0 radical (unpaired) electrons. The van der Waals surface area contributed by atoms with Gasteiger partial charge in [0.05, 0.1) is 22.7 Å². The number of fused-ring (bicyclic) bond motifs is 1. The summed E-state index contributed by atoms with van der Waals surface area (Å²) < 4.78 is 2.89. The summed E-state index contributed by atoms with van der Waals surface area (Å²) >= 11 is 1.47. The first kappa shape index (κ1) is 19.5. The molecule has 1 aromatic carbocycles. The van der Waals surface area contributed by atoms with Crippen LogP contribution in [-0.2, 0) is 28.0 Å². The topological polar surface area (TPSA) is 117 Å². The van der Waals surface area contributed by atoms with E-state index in [0.29, 0.717) is 18.2 Å². The molecule has 1 fully saturated rings. The van der Waals surface area contributed by atoms with Gasteiger partial charge in [-0.2, -0.15) is 0 Å². The summed E-state index contributed by atoms with van der Waals surface area (Å²) in [6, 6.07) is 7.77. The van der Waals surface area contributed by atoms with Crippen molar-refractivity contribution in [3.05, 3.63) is 42.5 Å². The molecular formula is C18H19N5O4S. The third-order valence-corrected chi connectivity index (χ3v) is 5.41. The maximum Gasteiger partial charge on any atom is 0.290 e. The Morgan fingerprint density at radius 1 is 1.43 bits per heavy atom. The number of aryl methyl sites for hydroxylation is 1. The molecule has 0 aliphatic carbocycles. The fourth-order valence-electron chi connectivity index (χ4n) is 2.92. The smallest absolute Gasteiger partial charge is 0.290 e. The monoisotopic (exact) mass is 401 g/mol. The lowest BCUT2D eigenvalue weighted by molar-refractivity contribution is -0.126. The van der Waals surface area contributed by atoms with Gasteiger partial charge in [0.2, 0.25) is 11.8 Å². The Hall–Kier alpha value is -3.27. The highest BCUT2D eigenvalue weighted by Crippen LogP contribution is 2.32. The molecule has 9 nitrogen and oxygen atoms in total. The maximum atomic E-state index is 12.4. The molecule has 2 N–H and O–H groups in total. The average Bonchev–Trinajstić information content (AvgIpc) is 3.38. The Morgan fingerprint density at radius 2 is 2.18 bits per heavy atom. The second kappa shape index (κ2) is 8.61. The number of amides is 2. The van der Waals surface area contributed by atoms with Gasteiger partial charge in [-0.05, 0) is 12.1 Å². The largest absolute Gasteiger partial charge is 0.483 e. The molecule has 1 saturated heterocycles. The number of benzene rings is 1. The van der Waals surface area contributed by atoms with Crippen molar-refractivity contribution in [2.75, 3.05) is 11.4 Å². The van der Waals surface area contributed by atoms with Gasteiger partial charge in [0.25, 0.3) is 6.47 Å². The SMILES string of the molecule is Cn1ccnc1CNC(=O)C1CC(=O)N(c2nc3ccccc3s2)C1.O=CO. The predicted octanol–water partition coefficient (Wildman–Crippen LogP) is 1.40. The van der Waals surface area contributed by atoms with E-state index in [1.165, 1.54) is 11.3 Å². The van der Waals surface area contributed by atoms with E-state index < -0.39 is 0 Å². The van der Waals surface area contributed by atoms with Gasteiger partial charge in [0.15, 0.2) is 5.13 Å². The first-order valence-corrected chi connectivity index (χ1v) is 9.32. The number of carbonyl (C=O) groups excluding carboxylic acids is 2. The minimum Gasteiger partial charge on any atom is -0.483 e. The number of para-hydroxylation sites is 1. The van der Waals surface area contributed by atoms with E-state index in [1.807, 2.05) is 42.1 Å². The second-order valence-electron chi connectivity index (χ2n) is 6.15. The summed E-state index contributed by atoms with van der Waals surface area (Å²) in [5.41, 5.74) is 0.873. The van der Waals surface area contributed by atoms with Gasteiger partial charge >= 0.3 is 0 Å². The molecule has 1 aliphatic heterocycles. The average molecular weight is 401 g/mol. The highest BCUT2D eigenvalue weighted by Gasteiger charge is 2.36. The Labute approximate surface area is 164 Å². The number of rotatable bonds is 4. The first-order valence-electron chi connectivity index (χ1n) is 8.51. The molecule has 4 rings (SSSR count). The van der Waals surface area contributed by atoms with E-state index >= 15 is 0 Å². The van der Waals surface area contributed by atoms with Crippen molar-refractivity contribution in [2.24, 2.45) is 13.0 Å². The minimum absolute atomic E-state index is 0.0591. The fourth-order valence-corrected chi connectivity index (χ4v) is 3.91. The molecule has 0 saturated carbocycles. The van der Waals surface area contributed by atoms with Crippen molar-refractivity contribution in [2.45, 2.75) is 13.0 Å². The van der Waals surface area contributed by atoms with Crippen LogP contribution in [0.5, 0.6) is 0 Å². The summed E-state index contributed by atoms with van der Waals surface area (Å²) in [6.45, 7) is 0.471. The zero-order chi connectivity index (χ0) is 20.1. The molecule has 2 aromatic heterocycles. The van der Waals surface area contributed by atoms with Crippen molar-refractivity contribution in [1.29, 1.82) is 0 Å². The number of imidazole rings is 1. The molecule has 146 valence electrons. The van der Waals surface area contributed by atoms with Gasteiger partial charge < -0.3 is 15.0 Å². The van der Waals surface area contributed by atoms with Crippen molar-refractivity contribution in [3.8, 4) is 0 Å². The van der Waals surface area contributed by atoms with Gasteiger partial charge in [-0.3, -0.25) is 19.3 Å². The molecule has 0 spiro atoms. The number of nitrogens with zero attached hydrogens (tertiary/aromatic N) is 4. The molecule has 2 amide bonds. The number of anilines is 1. The molecule has 3 heterocycles. The first-order chi connectivity index (χ1) is 13.5. The Kier molecular flexibility index (Phi) is 5.99. The molecule has 1 unspecified atom stereocenters. The Morgan fingerprint density at radius 3 is 2.86 bits per heavy atom. The van der Waals surface area contributed by atoms with Gasteiger partial charge in [-0.1, -0.05) is 23.5 Å². The quantitative estimate of drug-likeness (QED) is 0.638. The van der Waals surface area contributed by atoms with Crippen LogP contribution in [0.1, 0.15) is 12.2 Å². The molecule has 0 bridgehead atoms. The summed E-state index contributed by atoms with van der Waals surface area (Å²) in [7, 11) is 1.88. The van der Waals surface area contributed by atoms with Crippen LogP contribution in [-0.4, -0.2) is 44.5 Å². The third kappa shape index (κ3) is 4.17. The molecule has 1 aliphatic rings. The number of thiazole rings is 1. The van der Waals surface area contributed by atoms with Crippen LogP contribution in [0.15, 0.2) is 36.7 Å². The summed E-state index contributed by atoms with van der Waals surface area (Å²) in [5, 5.41) is 10.4. The molecular weight excluding hydrogens is 382 g/mol. The molecule has 28 heavy (non-hydrogen) atoms. The lowest BCUT2D eigenvalue weighted by atomic mass is 10.1. The zero-order valence-electron chi connectivity index (χ0n) is 15.1. The van der Waals surface area contributed by atoms with E-state index in [2.05, 4.69) is 15.3 Å². The van der Waals surface area contributed by atoms with Crippen LogP contribution < -0.4 is 10.2 Å². The van der Waals surface area contributed by atoms with Crippen LogP contribution in [0.25, 0.3) is 10.2 Å². The molecule has 3 aromatic rings. The third-order valence-electron chi connectivity index (χ3n) is 4.35. The summed E-state index contributed by atoms with van der Waals surface area (Å²) in [4.78, 5) is 43.4. The predicted molar refractivity (Wildman–Crippen MR) is 104 cm³/mol. The van der Waals surface area contributed by atoms with E-state index in [0.717, 1.165) is 16.0 Å². The van der Waals surface area contributed by atoms with Gasteiger partial charge in [0, 0.05) is 32.4 Å². The Bertz CT molecular complexity index is 966. The van der Waals surface area contributed by atoms with E-state index in [-0.39, 0.29) is 30.6 Å². The van der Waals surface area contributed by atoms with Crippen molar-refractivity contribution in [1.82, 2.24) is 19.9 Å². The zero-order valence-corrected chi connectivity index (χ0v) is 15.9. The van der Waals surface area contributed by atoms with Crippen molar-refractivity contribution in [3.63, 3.8) is 0 Å². The van der Waals surface area contributed by atoms with Gasteiger partial charge in [0.1, 0.15) is 5.82 Å². The number of nitrogens with one attached hydrogen (secondary N) is 1. The van der Waals surface area contributed by atoms with Crippen LogP contribution in [0, 0.1) is 5.92 Å². The molecule has 10 heteroatoms. The van der Waals surface area contributed by atoms with Crippen molar-refractivity contribution >= 4 is 45.0 Å². The van der Waals surface area contributed by atoms with Crippen molar-refractivity contribution < 1.29 is 19.5 Å². The van der Waals surface area contributed by atoms with E-state index in [1.54, 1.807) is 11.1 Å². The van der Waals surface area contributed by atoms with Crippen LogP contribution in [0.3, 0.4) is 0 Å². The number of aromatic nitrogens is 3. The number of hydrogen-bond acceptors (Lipinski definition) is 6. The highest BCUT2D eigenvalue weighted by atomic mass is 32.1. The summed E-state index contributed by atoms with van der Waals surface area (Å²) in [5.74, 6) is 0.233. The maximum absolute atomic E-state index is 12.4. The van der Waals surface area contributed by atoms with Gasteiger partial charge in [-0.25, -0.2) is 9.97 Å². The summed E-state index contributed by atoms with van der Waals surface area (Å²) in [6.07, 6.45) is 3.73. The van der Waals surface area contributed by atoms with Gasteiger partial charge in [-0.15, -0.1) is 0 Å². The minimum atomic E-state index is -0.361. The lowest BCUT2D eigenvalue weighted by Crippen LogP contribution is -2.33. The van der Waals surface area contributed by atoms with Crippen LogP contribution >= 0.6 is 11.3 Å². The number of carbonyl (C=O) groups is 3. The van der Waals surface area contributed by atoms with E-state index in [4.69, 9.17) is 9.90 Å². The molecule has 1 atom stereocenters. The lowest BCUT2D eigenvalue weighted by Gasteiger charge is -2.13. The standard InChI is InChI=1S/C17H17N5O2S.CH2O2/c1-21-7-6-18-14(21)9-19-16(24)11-8-15(23)22(10-11)17-20-12-4-2-3-5-13(12)25-17;2-1-3/h2-7,11H,8-10H2,1H3,(H,19,24);1H,(H,2,3). The van der Waals surface area contributed by atoms with Crippen LogP contribution in [0.2, 0.25) is 0 Å². The second-order valence-corrected chi connectivity index (χ2v) is 7.16. The fraction of sp³-hybridized carbons (Fsp3) is 0.278. The Balaban J connectivity index is 0.000000706. The highest BCUT2D eigenvalue weighted by molar-refractivity contribution is 7.22. The normalized spacial score (nSPS) is 16.0. The van der Waals surface area contributed by atoms with E-state index in [9.17, 15) is 9.59 Å². The number of carboxylic acid groups (broad SMARTS) is 1. The van der Waals surface area contributed by atoms with Crippen LogP contribution in [0.4, 0.5) is 5.13 Å².